The van der Waals surface area contributed by atoms with Gasteiger partial charge in [-0.15, -0.1) is 0 Å². The first kappa shape index (κ1) is 5.35. The summed E-state index contributed by atoms with van der Waals surface area (Å²) >= 11 is 0. The maximum Gasteiger partial charge on any atom is 0.0525 e. The van der Waals surface area contributed by atoms with E-state index in [0.717, 1.165) is 12.1 Å². The van der Waals surface area contributed by atoms with Gasteiger partial charge < -0.3 is 5.73 Å². The number of allylic oxidation sites excluding steroid dienone is 1. The van der Waals surface area contributed by atoms with Crippen molar-refractivity contribution < 1.29 is 0 Å². The number of nitrogens with zero attached hydrogens (tertiary/aromatic N) is 1. The molecule has 2 nitrogen and oxygen atoms in total. The van der Waals surface area contributed by atoms with Gasteiger partial charge in [0, 0.05) is 18.3 Å². The molecule has 0 radical (unpaired) electrons. The van der Waals surface area contributed by atoms with E-state index in [9.17, 15) is 0 Å². The molecule has 0 aromatic rings. The molecular weight excluding hydrogens is 100 g/mol. The molecule has 2 heteroatoms. The molecule has 0 aromatic heterocycles. The highest BCUT2D eigenvalue weighted by atomic mass is 14.8. The van der Waals surface area contributed by atoms with E-state index in [-0.39, 0.29) is 0 Å². The molecule has 0 amide bonds. The molecule has 0 saturated carbocycles. The van der Waals surface area contributed by atoms with E-state index in [4.69, 9.17) is 5.73 Å². The molecule has 0 spiro atoms. The van der Waals surface area contributed by atoms with Gasteiger partial charge in [0.1, 0.15) is 0 Å². The van der Waals surface area contributed by atoms with E-state index >= 15 is 0 Å². The van der Waals surface area contributed by atoms with Crippen LogP contribution < -0.4 is 5.73 Å². The normalized spacial score (nSPS) is 27.6. The summed E-state index contributed by atoms with van der Waals surface area (Å²) < 4.78 is 0. The zero-order valence-corrected chi connectivity index (χ0v) is 4.96. The van der Waals surface area contributed by atoms with Gasteiger partial charge in [0.2, 0.25) is 0 Å². The fourth-order valence-electron chi connectivity index (χ4n) is 0.748. The highest BCUT2D eigenvalue weighted by Gasteiger charge is 2.01. The summed E-state index contributed by atoms with van der Waals surface area (Å²) in [5.41, 5.74) is 6.43. The molecule has 1 unspecified atom stereocenters. The zero-order chi connectivity index (χ0) is 5.98. The minimum Gasteiger partial charge on any atom is -0.402 e. The zero-order valence-electron chi connectivity index (χ0n) is 4.96. The van der Waals surface area contributed by atoms with Crippen molar-refractivity contribution in [1.29, 1.82) is 0 Å². The SMILES string of the molecule is CC1CC(N)=CC=N1. The predicted octanol–water partition coefficient (Wildman–Crippen LogP) is 0.692. The fraction of sp³-hybridized carbons (Fsp3) is 0.500. The third-order valence-electron chi connectivity index (χ3n) is 1.16. The second-order valence-corrected chi connectivity index (χ2v) is 2.09. The van der Waals surface area contributed by atoms with Crippen LogP contribution in [0.15, 0.2) is 16.8 Å². The summed E-state index contributed by atoms with van der Waals surface area (Å²) in [6, 6.07) is 0.389. The summed E-state index contributed by atoms with van der Waals surface area (Å²) in [5.74, 6) is 0. The molecule has 1 aliphatic rings. The molecule has 44 valence electrons. The predicted molar refractivity (Wildman–Crippen MR) is 34.8 cm³/mol. The smallest absolute Gasteiger partial charge is 0.0525 e. The van der Waals surface area contributed by atoms with Crippen LogP contribution in [-0.2, 0) is 0 Å². The van der Waals surface area contributed by atoms with E-state index in [0.29, 0.717) is 6.04 Å². The van der Waals surface area contributed by atoms with E-state index in [1.54, 1.807) is 6.21 Å². The van der Waals surface area contributed by atoms with Crippen LogP contribution in [0.4, 0.5) is 0 Å². The van der Waals surface area contributed by atoms with Gasteiger partial charge in [-0.2, -0.15) is 0 Å². The summed E-state index contributed by atoms with van der Waals surface area (Å²) in [5, 5.41) is 0. The second kappa shape index (κ2) is 1.99. The molecule has 0 fully saturated rings. The van der Waals surface area contributed by atoms with Crippen molar-refractivity contribution in [3.8, 4) is 0 Å². The monoisotopic (exact) mass is 110 g/mol. The van der Waals surface area contributed by atoms with Crippen molar-refractivity contribution >= 4 is 6.21 Å². The largest absolute Gasteiger partial charge is 0.402 e. The van der Waals surface area contributed by atoms with Gasteiger partial charge in [0.15, 0.2) is 0 Å². The molecule has 2 N–H and O–H groups in total. The fourth-order valence-corrected chi connectivity index (χ4v) is 0.748. The molecule has 1 aliphatic heterocycles. The molecule has 8 heavy (non-hydrogen) atoms. The Bertz CT molecular complexity index is 135. The van der Waals surface area contributed by atoms with Gasteiger partial charge >= 0.3 is 0 Å². The lowest BCUT2D eigenvalue weighted by Crippen LogP contribution is -2.10. The summed E-state index contributed by atoms with van der Waals surface area (Å²) in [6.07, 6.45) is 4.53. The maximum absolute atomic E-state index is 5.50. The van der Waals surface area contributed by atoms with E-state index in [2.05, 4.69) is 11.9 Å². The summed E-state index contributed by atoms with van der Waals surface area (Å²) in [7, 11) is 0. The molecule has 1 rings (SSSR count). The van der Waals surface area contributed by atoms with Crippen LogP contribution in [-0.4, -0.2) is 12.3 Å². The quantitative estimate of drug-likeness (QED) is 0.489. The van der Waals surface area contributed by atoms with Gasteiger partial charge in [-0.1, -0.05) is 0 Å². The van der Waals surface area contributed by atoms with Gasteiger partial charge in [0.25, 0.3) is 0 Å². The van der Waals surface area contributed by atoms with Crippen LogP contribution in [0, 0.1) is 0 Å². The van der Waals surface area contributed by atoms with Crippen molar-refractivity contribution in [1.82, 2.24) is 0 Å². The maximum atomic E-state index is 5.50. The average molecular weight is 110 g/mol. The van der Waals surface area contributed by atoms with Gasteiger partial charge in [-0.3, -0.25) is 4.99 Å². The van der Waals surface area contributed by atoms with Crippen LogP contribution in [0.25, 0.3) is 0 Å². The Hall–Kier alpha value is -0.790. The number of aliphatic imine (C=N–C) groups is 1. The minimum atomic E-state index is 0.389. The highest BCUT2D eigenvalue weighted by Crippen LogP contribution is 2.05. The number of hydrogen-bond acceptors (Lipinski definition) is 2. The van der Waals surface area contributed by atoms with Crippen LogP contribution in [0.3, 0.4) is 0 Å². The van der Waals surface area contributed by atoms with Crippen molar-refractivity contribution in [2.24, 2.45) is 10.7 Å². The average Bonchev–Trinajstić information content (AvgIpc) is 1.64. The number of dihydropyridines is 1. The second-order valence-electron chi connectivity index (χ2n) is 2.09. The Morgan fingerprint density at radius 1 is 1.88 bits per heavy atom. The van der Waals surface area contributed by atoms with E-state index < -0.39 is 0 Å². The molecular formula is C6H10N2. The third kappa shape index (κ3) is 1.09. The summed E-state index contributed by atoms with van der Waals surface area (Å²) in [6.45, 7) is 2.05. The standard InChI is InChI=1S/C6H10N2/c1-5-4-6(7)2-3-8-5/h2-3,5H,4,7H2,1H3. The number of nitrogens with two attached hydrogens (primary N) is 1. The Labute approximate surface area is 49.1 Å². The van der Waals surface area contributed by atoms with Crippen molar-refractivity contribution in [3.63, 3.8) is 0 Å². The van der Waals surface area contributed by atoms with Gasteiger partial charge in [-0.05, 0) is 13.0 Å². The summed E-state index contributed by atoms with van der Waals surface area (Å²) in [4.78, 5) is 4.10. The lowest BCUT2D eigenvalue weighted by molar-refractivity contribution is 0.723. The Morgan fingerprint density at radius 2 is 2.62 bits per heavy atom. The molecule has 0 saturated heterocycles. The lowest BCUT2D eigenvalue weighted by atomic mass is 10.1. The van der Waals surface area contributed by atoms with Crippen LogP contribution in [0.2, 0.25) is 0 Å². The van der Waals surface area contributed by atoms with Crippen molar-refractivity contribution in [3.05, 3.63) is 11.8 Å². The van der Waals surface area contributed by atoms with Gasteiger partial charge in [0.05, 0.1) is 6.04 Å². The highest BCUT2D eigenvalue weighted by molar-refractivity contribution is 5.73. The first-order chi connectivity index (χ1) is 3.79. The lowest BCUT2D eigenvalue weighted by Gasteiger charge is -2.08. The van der Waals surface area contributed by atoms with Crippen LogP contribution in [0.1, 0.15) is 13.3 Å². The number of hydrogen-bond donors (Lipinski definition) is 1. The molecule has 0 aliphatic carbocycles. The Morgan fingerprint density at radius 3 is 3.00 bits per heavy atom. The van der Waals surface area contributed by atoms with E-state index in [1.807, 2.05) is 6.08 Å². The van der Waals surface area contributed by atoms with Crippen LogP contribution >= 0.6 is 0 Å². The van der Waals surface area contributed by atoms with Crippen molar-refractivity contribution in [2.45, 2.75) is 19.4 Å². The van der Waals surface area contributed by atoms with Crippen LogP contribution in [0.5, 0.6) is 0 Å². The topological polar surface area (TPSA) is 38.4 Å². The first-order valence-electron chi connectivity index (χ1n) is 2.77. The van der Waals surface area contributed by atoms with Crippen molar-refractivity contribution in [2.75, 3.05) is 0 Å². The third-order valence-corrected chi connectivity index (χ3v) is 1.16. The number of rotatable bonds is 0. The molecule has 0 aromatic carbocycles. The molecule has 1 heterocycles. The Balaban J connectivity index is 2.59. The molecule has 0 bridgehead atoms. The van der Waals surface area contributed by atoms with Gasteiger partial charge in [-0.25, -0.2) is 0 Å². The van der Waals surface area contributed by atoms with E-state index in [1.165, 1.54) is 0 Å². The Kier molecular flexibility index (Phi) is 1.33. The first-order valence-corrected chi connectivity index (χ1v) is 2.77. The minimum absolute atomic E-state index is 0.389. The molecule has 1 atom stereocenters.